The van der Waals surface area contributed by atoms with Gasteiger partial charge in [-0.15, -0.1) is 0 Å². The van der Waals surface area contributed by atoms with Crippen molar-refractivity contribution >= 4 is 27.3 Å². The molecule has 2 heterocycles. The number of quaternary nitrogens is 1. The Labute approximate surface area is 124 Å². The number of nitrogens with zero attached hydrogens (tertiary/aromatic N) is 2. The number of hydroxylamine groups is 1. The maximum atomic E-state index is 12.4. The van der Waals surface area contributed by atoms with Gasteiger partial charge in [-0.3, -0.25) is 10.0 Å². The van der Waals surface area contributed by atoms with Gasteiger partial charge in [-0.2, -0.15) is 4.99 Å². The van der Waals surface area contributed by atoms with Crippen LogP contribution in [-0.4, -0.2) is 21.5 Å². The number of rotatable bonds is 3. The lowest BCUT2D eigenvalue weighted by molar-refractivity contribution is -0.659. The zero-order chi connectivity index (χ0) is 14.8. The zero-order valence-corrected chi connectivity index (χ0v) is 12.1. The molecule has 0 bridgehead atoms. The summed E-state index contributed by atoms with van der Waals surface area (Å²) < 4.78 is 17.4. The Morgan fingerprint density at radius 3 is 2.71 bits per heavy atom. The van der Waals surface area contributed by atoms with E-state index in [0.717, 1.165) is 11.3 Å². The molecule has 1 aromatic heterocycles. The molecule has 0 saturated heterocycles. The number of aromatic nitrogens is 1. The van der Waals surface area contributed by atoms with Gasteiger partial charge in [0.25, 0.3) is 5.17 Å². The van der Waals surface area contributed by atoms with Crippen LogP contribution in [0.1, 0.15) is 5.56 Å². The van der Waals surface area contributed by atoms with E-state index in [1.165, 1.54) is 12.4 Å². The van der Waals surface area contributed by atoms with Gasteiger partial charge in [0.1, 0.15) is 22.2 Å². The smallest absolute Gasteiger partial charge is 0.299 e. The molecule has 2 aromatic rings. The average molecular weight is 303 g/mol. The summed E-state index contributed by atoms with van der Waals surface area (Å²) in [5, 5.41) is 12.0. The number of amidine groups is 1. The van der Waals surface area contributed by atoms with Crippen molar-refractivity contribution < 1.29 is 14.0 Å². The Bertz CT molecular complexity index is 716. The SMILES string of the molecule is COc1ccc(CS(=O)C2=Nc3cnccc3[NH+]2[O-])cc1. The van der Waals surface area contributed by atoms with Crippen LogP contribution in [0.2, 0.25) is 0 Å². The zero-order valence-electron chi connectivity index (χ0n) is 11.3. The summed E-state index contributed by atoms with van der Waals surface area (Å²) in [5.74, 6) is 0.980. The molecule has 0 aliphatic carbocycles. The van der Waals surface area contributed by atoms with Gasteiger partial charge in [0, 0.05) is 12.3 Å². The third-order valence-electron chi connectivity index (χ3n) is 3.13. The summed E-state index contributed by atoms with van der Waals surface area (Å²) in [6.07, 6.45) is 3.03. The topological polar surface area (TPSA) is 79.0 Å². The highest BCUT2D eigenvalue weighted by molar-refractivity contribution is 7.99. The van der Waals surface area contributed by atoms with E-state index in [9.17, 15) is 9.42 Å². The molecule has 21 heavy (non-hydrogen) atoms. The number of pyridine rings is 1. The quantitative estimate of drug-likeness (QED) is 0.860. The number of methoxy groups -OCH3 is 1. The molecular weight excluding hydrogens is 290 g/mol. The van der Waals surface area contributed by atoms with Crippen molar-refractivity contribution in [3.05, 3.63) is 53.5 Å². The normalized spacial score (nSPS) is 18.0. The Morgan fingerprint density at radius 1 is 1.29 bits per heavy atom. The Balaban J connectivity index is 1.77. The first-order chi connectivity index (χ1) is 10.2. The second-order valence-corrected chi connectivity index (χ2v) is 5.84. The first kappa shape index (κ1) is 13.9. The number of fused-ring (bicyclic) bond motifs is 1. The summed E-state index contributed by atoms with van der Waals surface area (Å²) in [6.45, 7) is 0. The van der Waals surface area contributed by atoms with Gasteiger partial charge in [-0.25, -0.2) is 4.21 Å². The van der Waals surface area contributed by atoms with E-state index < -0.39 is 10.8 Å². The van der Waals surface area contributed by atoms with Crippen LogP contribution in [0.25, 0.3) is 0 Å². The Hall–Kier alpha value is -2.09. The Kier molecular flexibility index (Phi) is 3.78. The van der Waals surface area contributed by atoms with Crippen LogP contribution < -0.4 is 9.80 Å². The van der Waals surface area contributed by atoms with E-state index in [4.69, 9.17) is 4.74 Å². The molecule has 0 radical (unpaired) electrons. The molecule has 1 aliphatic heterocycles. The predicted molar refractivity (Wildman–Crippen MR) is 80.2 cm³/mol. The highest BCUT2D eigenvalue weighted by Gasteiger charge is 2.28. The van der Waals surface area contributed by atoms with Crippen molar-refractivity contribution in [3.8, 4) is 5.75 Å². The number of benzene rings is 1. The van der Waals surface area contributed by atoms with E-state index in [2.05, 4.69) is 9.98 Å². The van der Waals surface area contributed by atoms with Crippen molar-refractivity contribution in [1.29, 1.82) is 0 Å². The van der Waals surface area contributed by atoms with Gasteiger partial charge in [0.2, 0.25) is 0 Å². The monoisotopic (exact) mass is 303 g/mol. The van der Waals surface area contributed by atoms with Crippen LogP contribution in [-0.2, 0) is 16.6 Å². The molecule has 108 valence electrons. The molecule has 0 amide bonds. The van der Waals surface area contributed by atoms with Gasteiger partial charge in [0.05, 0.1) is 19.1 Å². The minimum absolute atomic E-state index is 0.0915. The predicted octanol–water partition coefficient (Wildman–Crippen LogP) is 1.05. The molecule has 7 heteroatoms. The molecule has 2 unspecified atom stereocenters. The number of nitrogens with one attached hydrogen (secondary N) is 1. The van der Waals surface area contributed by atoms with Crippen molar-refractivity contribution in [2.45, 2.75) is 5.75 Å². The first-order valence-corrected chi connectivity index (χ1v) is 7.59. The maximum absolute atomic E-state index is 12.4. The van der Waals surface area contributed by atoms with E-state index in [1.807, 2.05) is 12.1 Å². The van der Waals surface area contributed by atoms with Gasteiger partial charge in [0.15, 0.2) is 5.69 Å². The summed E-state index contributed by atoms with van der Waals surface area (Å²) in [7, 11) is 0.108. The van der Waals surface area contributed by atoms with Crippen LogP contribution in [0.3, 0.4) is 0 Å². The third-order valence-corrected chi connectivity index (χ3v) is 4.44. The third kappa shape index (κ3) is 2.71. The Morgan fingerprint density at radius 2 is 2.05 bits per heavy atom. The lowest BCUT2D eigenvalue weighted by Crippen LogP contribution is -3.04. The lowest BCUT2D eigenvalue weighted by Gasteiger charge is -2.16. The molecule has 0 spiro atoms. The van der Waals surface area contributed by atoms with Gasteiger partial charge in [-0.1, -0.05) is 12.1 Å². The van der Waals surface area contributed by atoms with Crippen molar-refractivity contribution in [2.24, 2.45) is 4.99 Å². The van der Waals surface area contributed by atoms with E-state index >= 15 is 0 Å². The fraction of sp³-hybridized carbons (Fsp3) is 0.143. The van der Waals surface area contributed by atoms with Crippen LogP contribution in [0.4, 0.5) is 11.4 Å². The van der Waals surface area contributed by atoms with Crippen LogP contribution >= 0.6 is 0 Å². The second-order valence-electron chi connectivity index (χ2n) is 4.48. The van der Waals surface area contributed by atoms with E-state index in [1.54, 1.807) is 25.3 Å². The van der Waals surface area contributed by atoms with Gasteiger partial charge >= 0.3 is 0 Å². The summed E-state index contributed by atoms with van der Waals surface area (Å²) in [6, 6.07) is 8.84. The molecule has 0 fully saturated rings. The fourth-order valence-electron chi connectivity index (χ4n) is 2.04. The minimum Gasteiger partial charge on any atom is -0.622 e. The van der Waals surface area contributed by atoms with E-state index in [0.29, 0.717) is 11.4 Å². The first-order valence-electron chi connectivity index (χ1n) is 6.28. The largest absolute Gasteiger partial charge is 0.622 e. The standard InChI is InChI=1S/C14H13N3O3S/c1-20-11-4-2-10(3-5-11)9-21(19)14-16-12-8-15-7-6-13(12)17(14)18/h2-8,17H,9H2,1H3. The minimum atomic E-state index is -1.48. The molecular formula is C14H13N3O3S. The van der Waals surface area contributed by atoms with Crippen LogP contribution in [0, 0.1) is 5.21 Å². The molecule has 0 saturated carbocycles. The van der Waals surface area contributed by atoms with E-state index in [-0.39, 0.29) is 16.0 Å². The van der Waals surface area contributed by atoms with Crippen molar-refractivity contribution in [2.75, 3.05) is 7.11 Å². The number of hydrogen-bond acceptors (Lipinski definition) is 5. The molecule has 1 N–H and O–H groups in total. The summed E-state index contributed by atoms with van der Waals surface area (Å²) in [4.78, 5) is 8.06. The van der Waals surface area contributed by atoms with Crippen molar-refractivity contribution in [1.82, 2.24) is 4.98 Å². The van der Waals surface area contributed by atoms with Gasteiger partial charge < -0.3 is 9.94 Å². The highest BCUT2D eigenvalue weighted by atomic mass is 32.2. The summed E-state index contributed by atoms with van der Waals surface area (Å²) >= 11 is 0. The molecule has 6 nitrogen and oxygen atoms in total. The second kappa shape index (κ2) is 5.72. The maximum Gasteiger partial charge on any atom is 0.299 e. The van der Waals surface area contributed by atoms with Gasteiger partial charge in [-0.05, 0) is 17.7 Å². The lowest BCUT2D eigenvalue weighted by atomic mass is 10.2. The number of aliphatic imine (C=N–C) groups is 1. The molecule has 2 atom stereocenters. The van der Waals surface area contributed by atoms with Crippen LogP contribution in [0.15, 0.2) is 47.7 Å². The van der Waals surface area contributed by atoms with Crippen LogP contribution in [0.5, 0.6) is 5.75 Å². The molecule has 3 rings (SSSR count). The number of ether oxygens (including phenoxy) is 1. The fourth-order valence-corrected chi connectivity index (χ4v) is 3.19. The highest BCUT2D eigenvalue weighted by Crippen LogP contribution is 2.24. The molecule has 1 aromatic carbocycles. The van der Waals surface area contributed by atoms with Crippen molar-refractivity contribution in [3.63, 3.8) is 0 Å². The summed E-state index contributed by atoms with van der Waals surface area (Å²) in [5.41, 5.74) is 1.81. The average Bonchev–Trinajstić information content (AvgIpc) is 2.86. The number of hydrogen-bond donors (Lipinski definition) is 1. The molecule has 1 aliphatic rings.